The molecule has 1 aliphatic carbocycles. The number of hydrogen-bond donors (Lipinski definition) is 2. The maximum absolute atomic E-state index is 9.58. The van der Waals surface area contributed by atoms with E-state index in [2.05, 4.69) is 6.08 Å². The number of allylic oxidation sites excluding steroid dienone is 1. The average molecular weight is 198 g/mol. The molecule has 0 aromatic carbocycles. The van der Waals surface area contributed by atoms with Gasteiger partial charge in [-0.05, 0) is 31.3 Å². The van der Waals surface area contributed by atoms with Crippen LogP contribution in [0, 0.1) is 0 Å². The molecule has 3 atom stereocenters. The van der Waals surface area contributed by atoms with Crippen LogP contribution in [0.2, 0.25) is 0 Å². The lowest BCUT2D eigenvalue weighted by Gasteiger charge is -2.18. The highest BCUT2D eigenvalue weighted by Gasteiger charge is 2.35. The monoisotopic (exact) mass is 198 g/mol. The molecular weight excluding hydrogens is 180 g/mol. The summed E-state index contributed by atoms with van der Waals surface area (Å²) in [7, 11) is 0. The normalized spacial score (nSPS) is 38.4. The molecule has 2 rings (SSSR count). The molecule has 1 aliphatic heterocycles. The Labute approximate surface area is 84.4 Å². The molecule has 3 heteroatoms. The van der Waals surface area contributed by atoms with E-state index in [9.17, 15) is 5.11 Å². The summed E-state index contributed by atoms with van der Waals surface area (Å²) in [5.41, 5.74) is 1.33. The Morgan fingerprint density at radius 1 is 1.43 bits per heavy atom. The lowest BCUT2D eigenvalue weighted by atomic mass is 9.93. The van der Waals surface area contributed by atoms with E-state index in [1.54, 1.807) is 0 Å². The van der Waals surface area contributed by atoms with Crippen LogP contribution in [0.25, 0.3) is 0 Å². The van der Waals surface area contributed by atoms with E-state index in [1.165, 1.54) is 18.4 Å². The quantitative estimate of drug-likeness (QED) is 0.651. The molecule has 0 spiro atoms. The van der Waals surface area contributed by atoms with Crippen LogP contribution < -0.4 is 0 Å². The summed E-state index contributed by atoms with van der Waals surface area (Å²) in [6, 6.07) is 0. The molecule has 0 bridgehead atoms. The van der Waals surface area contributed by atoms with E-state index in [-0.39, 0.29) is 18.8 Å². The summed E-state index contributed by atoms with van der Waals surface area (Å²) >= 11 is 0. The minimum atomic E-state index is -0.493. The molecule has 0 aromatic heterocycles. The number of aliphatic hydroxyl groups excluding tert-OH is 2. The van der Waals surface area contributed by atoms with Crippen molar-refractivity contribution in [3.63, 3.8) is 0 Å². The van der Waals surface area contributed by atoms with Crippen molar-refractivity contribution in [3.05, 3.63) is 11.6 Å². The molecule has 2 aliphatic rings. The fourth-order valence-corrected chi connectivity index (χ4v) is 2.29. The second-order valence-corrected chi connectivity index (χ2v) is 4.17. The maximum atomic E-state index is 9.58. The van der Waals surface area contributed by atoms with E-state index in [0.717, 1.165) is 12.8 Å². The lowest BCUT2D eigenvalue weighted by molar-refractivity contribution is -0.0140. The maximum Gasteiger partial charge on any atom is 0.107 e. The topological polar surface area (TPSA) is 49.7 Å². The Balaban J connectivity index is 1.96. The number of ether oxygens (including phenoxy) is 1. The molecular formula is C11H18O3. The fraction of sp³-hybridized carbons (Fsp3) is 0.818. The van der Waals surface area contributed by atoms with Gasteiger partial charge in [0.05, 0.1) is 18.8 Å². The molecule has 0 radical (unpaired) electrons. The van der Waals surface area contributed by atoms with Gasteiger partial charge in [-0.25, -0.2) is 0 Å². The largest absolute Gasteiger partial charge is 0.394 e. The molecule has 3 nitrogen and oxygen atoms in total. The van der Waals surface area contributed by atoms with Gasteiger partial charge in [-0.2, -0.15) is 0 Å². The van der Waals surface area contributed by atoms with E-state index in [4.69, 9.17) is 9.84 Å². The van der Waals surface area contributed by atoms with Crippen LogP contribution in [0.5, 0.6) is 0 Å². The van der Waals surface area contributed by atoms with Gasteiger partial charge in [0.1, 0.15) is 6.10 Å². The first-order valence-electron chi connectivity index (χ1n) is 5.44. The van der Waals surface area contributed by atoms with Gasteiger partial charge in [-0.3, -0.25) is 0 Å². The molecule has 80 valence electrons. The predicted molar refractivity (Wildman–Crippen MR) is 52.9 cm³/mol. The number of rotatable bonds is 2. The zero-order valence-corrected chi connectivity index (χ0v) is 8.35. The average Bonchev–Trinajstić information content (AvgIpc) is 2.61. The highest BCUT2D eigenvalue weighted by Crippen LogP contribution is 2.30. The summed E-state index contributed by atoms with van der Waals surface area (Å²) in [5, 5.41) is 18.5. The Morgan fingerprint density at radius 2 is 2.29 bits per heavy atom. The predicted octanol–water partition coefficient (Wildman–Crippen LogP) is 0.998. The third kappa shape index (κ3) is 2.00. The van der Waals surface area contributed by atoms with Crippen LogP contribution in [0.15, 0.2) is 11.6 Å². The fourth-order valence-electron chi connectivity index (χ4n) is 2.29. The summed E-state index contributed by atoms with van der Waals surface area (Å²) in [4.78, 5) is 0. The summed E-state index contributed by atoms with van der Waals surface area (Å²) < 4.78 is 5.59. The minimum Gasteiger partial charge on any atom is -0.394 e. The number of aliphatic hydroxyl groups is 2. The standard InChI is InChI=1S/C11H18O3/c12-7-11-9(13)6-10(14-11)8-4-2-1-3-5-8/h4,9-13H,1-3,5-7H2/t9?,10-,11+/m0/s1. The molecule has 1 saturated heterocycles. The second-order valence-electron chi connectivity index (χ2n) is 4.17. The van der Waals surface area contributed by atoms with Crippen molar-refractivity contribution in [1.29, 1.82) is 0 Å². The van der Waals surface area contributed by atoms with Gasteiger partial charge in [0.15, 0.2) is 0 Å². The highest BCUT2D eigenvalue weighted by atomic mass is 16.5. The molecule has 0 amide bonds. The van der Waals surface area contributed by atoms with Crippen LogP contribution >= 0.6 is 0 Å². The van der Waals surface area contributed by atoms with Crippen molar-refractivity contribution in [3.8, 4) is 0 Å². The number of hydrogen-bond acceptors (Lipinski definition) is 3. The van der Waals surface area contributed by atoms with Gasteiger partial charge < -0.3 is 14.9 Å². The molecule has 2 N–H and O–H groups in total. The molecule has 1 unspecified atom stereocenters. The SMILES string of the molecule is OC[C@H]1O[C@H](C2=CCCCC2)CC1O. The summed E-state index contributed by atoms with van der Waals surface area (Å²) in [6.45, 7) is -0.0784. The van der Waals surface area contributed by atoms with E-state index in [1.807, 2.05) is 0 Å². The molecule has 1 heterocycles. The first-order chi connectivity index (χ1) is 6.81. The van der Waals surface area contributed by atoms with Crippen molar-refractivity contribution < 1.29 is 14.9 Å². The van der Waals surface area contributed by atoms with E-state index < -0.39 is 6.10 Å². The van der Waals surface area contributed by atoms with Crippen LogP contribution in [-0.2, 0) is 4.74 Å². The third-order valence-corrected chi connectivity index (χ3v) is 3.14. The Bertz CT molecular complexity index is 225. The van der Waals surface area contributed by atoms with Crippen molar-refractivity contribution in [2.45, 2.75) is 50.4 Å². The van der Waals surface area contributed by atoms with Gasteiger partial charge in [0.2, 0.25) is 0 Å². The first kappa shape index (κ1) is 10.1. The zero-order valence-electron chi connectivity index (χ0n) is 8.35. The van der Waals surface area contributed by atoms with Gasteiger partial charge in [0, 0.05) is 6.42 Å². The highest BCUT2D eigenvalue weighted by molar-refractivity contribution is 5.13. The molecule has 14 heavy (non-hydrogen) atoms. The van der Waals surface area contributed by atoms with Gasteiger partial charge in [-0.1, -0.05) is 6.08 Å². The van der Waals surface area contributed by atoms with Crippen molar-refractivity contribution in [1.82, 2.24) is 0 Å². The van der Waals surface area contributed by atoms with Crippen LogP contribution in [0.4, 0.5) is 0 Å². The van der Waals surface area contributed by atoms with Crippen LogP contribution in [0.3, 0.4) is 0 Å². The molecule has 0 saturated carbocycles. The molecule has 0 aromatic rings. The lowest BCUT2D eigenvalue weighted by Crippen LogP contribution is -2.24. The smallest absolute Gasteiger partial charge is 0.107 e. The minimum absolute atomic E-state index is 0.0578. The second kappa shape index (κ2) is 4.43. The first-order valence-corrected chi connectivity index (χ1v) is 5.44. The van der Waals surface area contributed by atoms with Gasteiger partial charge in [0.25, 0.3) is 0 Å². The molecule has 1 fully saturated rings. The van der Waals surface area contributed by atoms with Crippen molar-refractivity contribution >= 4 is 0 Å². The van der Waals surface area contributed by atoms with Gasteiger partial charge in [-0.15, -0.1) is 0 Å². The van der Waals surface area contributed by atoms with Crippen LogP contribution in [0.1, 0.15) is 32.1 Å². The third-order valence-electron chi connectivity index (χ3n) is 3.14. The summed E-state index contributed by atoms with van der Waals surface area (Å²) in [6.07, 6.45) is 6.80. The Hall–Kier alpha value is -0.380. The Kier molecular flexibility index (Phi) is 3.21. The van der Waals surface area contributed by atoms with E-state index in [0.29, 0.717) is 6.42 Å². The van der Waals surface area contributed by atoms with Crippen LogP contribution in [-0.4, -0.2) is 35.1 Å². The van der Waals surface area contributed by atoms with Crippen molar-refractivity contribution in [2.75, 3.05) is 6.61 Å². The van der Waals surface area contributed by atoms with Gasteiger partial charge >= 0.3 is 0 Å². The van der Waals surface area contributed by atoms with Crippen molar-refractivity contribution in [2.24, 2.45) is 0 Å². The van der Waals surface area contributed by atoms with E-state index >= 15 is 0 Å². The Morgan fingerprint density at radius 3 is 2.86 bits per heavy atom. The zero-order chi connectivity index (χ0) is 9.97. The summed E-state index contributed by atoms with van der Waals surface area (Å²) in [5.74, 6) is 0.